The lowest BCUT2D eigenvalue weighted by Gasteiger charge is -2.30. The van der Waals surface area contributed by atoms with Crippen LogP contribution in [-0.4, -0.2) is 47.1 Å². The molecule has 0 spiro atoms. The molecule has 0 bridgehead atoms. The van der Waals surface area contributed by atoms with Gasteiger partial charge in [-0.1, -0.05) is 0 Å². The number of likely N-dealkylation sites (tertiary alicyclic amines) is 1. The van der Waals surface area contributed by atoms with E-state index in [1.165, 1.54) is 12.8 Å². The summed E-state index contributed by atoms with van der Waals surface area (Å²) < 4.78 is 0. The van der Waals surface area contributed by atoms with Gasteiger partial charge in [-0.05, 0) is 26.7 Å². The highest BCUT2D eigenvalue weighted by Crippen LogP contribution is 2.23. The molecule has 3 rings (SSSR count). The Balaban J connectivity index is 1.89. The summed E-state index contributed by atoms with van der Waals surface area (Å²) in [5.74, 6) is 3.30. The summed E-state index contributed by atoms with van der Waals surface area (Å²) in [6.07, 6.45) is 4.72. The van der Waals surface area contributed by atoms with Crippen molar-refractivity contribution in [2.24, 2.45) is 9.98 Å². The molecule has 4 nitrogen and oxygen atoms in total. The van der Waals surface area contributed by atoms with E-state index >= 15 is 0 Å². The van der Waals surface area contributed by atoms with Crippen molar-refractivity contribution in [1.29, 1.82) is 0 Å². The fraction of sp³-hybridized carbons (Fsp3) is 0.667. The van der Waals surface area contributed by atoms with Crippen LogP contribution in [0.3, 0.4) is 0 Å². The van der Waals surface area contributed by atoms with Gasteiger partial charge in [-0.3, -0.25) is 4.99 Å². The molecule has 0 aromatic heterocycles. The lowest BCUT2D eigenvalue weighted by atomic mass is 10.2. The van der Waals surface area contributed by atoms with Crippen molar-refractivity contribution >= 4 is 11.7 Å². The second-order valence-electron chi connectivity index (χ2n) is 4.77. The van der Waals surface area contributed by atoms with E-state index in [4.69, 9.17) is 4.99 Å². The van der Waals surface area contributed by atoms with Crippen LogP contribution in [0.5, 0.6) is 0 Å². The fourth-order valence-corrected chi connectivity index (χ4v) is 2.68. The van der Waals surface area contributed by atoms with Gasteiger partial charge < -0.3 is 9.80 Å². The van der Waals surface area contributed by atoms with Crippen LogP contribution in [0, 0.1) is 0 Å². The lowest BCUT2D eigenvalue weighted by molar-refractivity contribution is 0.414. The standard InChI is InChI=1S/C12H18N4/c1-9-8-13-11-7-12(14-10(2)16(9)11)15-5-3-4-6-15/h7,9H,3-6,8H2,1-2H3. The van der Waals surface area contributed by atoms with Gasteiger partial charge in [0.15, 0.2) is 0 Å². The van der Waals surface area contributed by atoms with Crippen molar-refractivity contribution in [3.8, 4) is 0 Å². The molecule has 0 aromatic rings. The Bertz CT molecular complexity index is 388. The smallest absolute Gasteiger partial charge is 0.134 e. The Kier molecular flexibility index (Phi) is 2.23. The molecule has 0 N–H and O–H groups in total. The molecule has 86 valence electrons. The maximum absolute atomic E-state index is 4.71. The molecule has 4 heteroatoms. The quantitative estimate of drug-likeness (QED) is 0.667. The summed E-state index contributed by atoms with van der Waals surface area (Å²) in [5, 5.41) is 0. The zero-order chi connectivity index (χ0) is 11.1. The van der Waals surface area contributed by atoms with Crippen molar-refractivity contribution < 1.29 is 0 Å². The van der Waals surface area contributed by atoms with E-state index < -0.39 is 0 Å². The summed E-state index contributed by atoms with van der Waals surface area (Å²) >= 11 is 0. The Morgan fingerprint density at radius 3 is 2.81 bits per heavy atom. The minimum Gasteiger partial charge on any atom is -0.356 e. The van der Waals surface area contributed by atoms with Gasteiger partial charge in [-0.15, -0.1) is 0 Å². The normalized spacial score (nSPS) is 28.9. The molecule has 1 unspecified atom stereocenters. The van der Waals surface area contributed by atoms with E-state index in [0.29, 0.717) is 6.04 Å². The SMILES string of the molecule is CC1=NC(N2CCCC2)=CC2=NCC(C)N12. The predicted molar refractivity (Wildman–Crippen MR) is 65.6 cm³/mol. The number of amidine groups is 2. The summed E-state index contributed by atoms with van der Waals surface area (Å²) in [6.45, 7) is 7.47. The third kappa shape index (κ3) is 1.44. The third-order valence-corrected chi connectivity index (χ3v) is 3.52. The highest BCUT2D eigenvalue weighted by atomic mass is 15.3. The van der Waals surface area contributed by atoms with Gasteiger partial charge >= 0.3 is 0 Å². The van der Waals surface area contributed by atoms with Crippen LogP contribution in [0.15, 0.2) is 21.9 Å². The van der Waals surface area contributed by atoms with Gasteiger partial charge in [0.25, 0.3) is 0 Å². The van der Waals surface area contributed by atoms with E-state index in [-0.39, 0.29) is 0 Å². The second kappa shape index (κ2) is 3.61. The van der Waals surface area contributed by atoms with E-state index in [9.17, 15) is 0 Å². The molecule has 0 aliphatic carbocycles. The summed E-state index contributed by atoms with van der Waals surface area (Å²) in [4.78, 5) is 13.9. The largest absolute Gasteiger partial charge is 0.356 e. The molecule has 1 fully saturated rings. The molecule has 3 heterocycles. The first kappa shape index (κ1) is 9.87. The van der Waals surface area contributed by atoms with Crippen LogP contribution in [0.1, 0.15) is 26.7 Å². The zero-order valence-corrected chi connectivity index (χ0v) is 9.98. The molecular formula is C12H18N4. The minimum atomic E-state index is 0.468. The molecule has 3 aliphatic rings. The van der Waals surface area contributed by atoms with Crippen molar-refractivity contribution in [3.63, 3.8) is 0 Å². The average Bonchev–Trinajstić information content (AvgIpc) is 2.87. The summed E-state index contributed by atoms with van der Waals surface area (Å²) in [6, 6.07) is 0.468. The Hall–Kier alpha value is -1.32. The van der Waals surface area contributed by atoms with Gasteiger partial charge in [0.1, 0.15) is 17.5 Å². The van der Waals surface area contributed by atoms with Crippen molar-refractivity contribution in [2.45, 2.75) is 32.7 Å². The zero-order valence-electron chi connectivity index (χ0n) is 9.98. The maximum Gasteiger partial charge on any atom is 0.134 e. The van der Waals surface area contributed by atoms with E-state index in [1.54, 1.807) is 0 Å². The maximum atomic E-state index is 4.71. The number of aliphatic imine (C=N–C) groups is 2. The van der Waals surface area contributed by atoms with Crippen molar-refractivity contribution in [1.82, 2.24) is 9.80 Å². The molecule has 1 saturated heterocycles. The van der Waals surface area contributed by atoms with Crippen LogP contribution < -0.4 is 0 Å². The van der Waals surface area contributed by atoms with Crippen molar-refractivity contribution in [3.05, 3.63) is 11.9 Å². The van der Waals surface area contributed by atoms with Gasteiger partial charge in [0, 0.05) is 19.2 Å². The highest BCUT2D eigenvalue weighted by molar-refractivity contribution is 6.09. The average molecular weight is 218 g/mol. The first-order chi connectivity index (χ1) is 7.75. The number of hydrogen-bond donors (Lipinski definition) is 0. The minimum absolute atomic E-state index is 0.468. The Morgan fingerprint density at radius 1 is 1.31 bits per heavy atom. The van der Waals surface area contributed by atoms with Gasteiger partial charge in [0.05, 0.1) is 12.6 Å². The monoisotopic (exact) mass is 218 g/mol. The number of fused-ring (bicyclic) bond motifs is 1. The third-order valence-electron chi connectivity index (χ3n) is 3.52. The fourth-order valence-electron chi connectivity index (χ4n) is 2.68. The second-order valence-corrected chi connectivity index (χ2v) is 4.77. The first-order valence-corrected chi connectivity index (χ1v) is 6.11. The lowest BCUT2D eigenvalue weighted by Crippen LogP contribution is -2.41. The molecule has 3 aliphatic heterocycles. The summed E-state index contributed by atoms with van der Waals surface area (Å²) in [7, 11) is 0. The molecule has 0 radical (unpaired) electrons. The highest BCUT2D eigenvalue weighted by Gasteiger charge is 2.29. The molecule has 1 atom stereocenters. The van der Waals surface area contributed by atoms with Crippen LogP contribution in [0.25, 0.3) is 0 Å². The number of hydrogen-bond acceptors (Lipinski definition) is 4. The van der Waals surface area contributed by atoms with E-state index in [2.05, 4.69) is 34.7 Å². The van der Waals surface area contributed by atoms with Crippen LogP contribution in [0.4, 0.5) is 0 Å². The Labute approximate surface area is 96.4 Å². The summed E-state index contributed by atoms with van der Waals surface area (Å²) in [5.41, 5.74) is 0. The first-order valence-electron chi connectivity index (χ1n) is 6.11. The topological polar surface area (TPSA) is 31.2 Å². The number of nitrogens with zero attached hydrogens (tertiary/aromatic N) is 4. The van der Waals surface area contributed by atoms with Crippen molar-refractivity contribution in [2.75, 3.05) is 19.6 Å². The van der Waals surface area contributed by atoms with Crippen LogP contribution in [0.2, 0.25) is 0 Å². The molecule has 0 amide bonds. The molecule has 16 heavy (non-hydrogen) atoms. The van der Waals surface area contributed by atoms with Crippen LogP contribution in [-0.2, 0) is 0 Å². The molecular weight excluding hydrogens is 200 g/mol. The van der Waals surface area contributed by atoms with Crippen LogP contribution >= 0.6 is 0 Å². The molecule has 0 aromatic carbocycles. The van der Waals surface area contributed by atoms with Gasteiger partial charge in [0.2, 0.25) is 0 Å². The number of rotatable bonds is 1. The van der Waals surface area contributed by atoms with Gasteiger partial charge in [-0.25, -0.2) is 4.99 Å². The van der Waals surface area contributed by atoms with E-state index in [1.807, 2.05) is 0 Å². The predicted octanol–water partition coefficient (Wildman–Crippen LogP) is 1.46. The Morgan fingerprint density at radius 2 is 2.06 bits per heavy atom. The molecule has 0 saturated carbocycles. The van der Waals surface area contributed by atoms with E-state index in [0.717, 1.165) is 37.1 Å². The van der Waals surface area contributed by atoms with Gasteiger partial charge in [-0.2, -0.15) is 0 Å².